The minimum Gasteiger partial charge on any atom is -0.494 e. The minimum atomic E-state index is -0.205. The Hall–Kier alpha value is -3.55. The first-order valence-electron chi connectivity index (χ1n) is 10.9. The molecule has 3 rings (SSSR count). The van der Waals surface area contributed by atoms with Gasteiger partial charge >= 0.3 is 0 Å². The Morgan fingerprint density at radius 2 is 1.65 bits per heavy atom. The maximum atomic E-state index is 12.7. The van der Waals surface area contributed by atoms with Crippen LogP contribution in [0.2, 0.25) is 5.02 Å². The third kappa shape index (κ3) is 7.23. The van der Waals surface area contributed by atoms with Crippen molar-refractivity contribution < 1.29 is 19.1 Å². The molecule has 2 amide bonds. The van der Waals surface area contributed by atoms with Gasteiger partial charge in [-0.15, -0.1) is 0 Å². The van der Waals surface area contributed by atoms with Crippen LogP contribution in [0, 0.1) is 0 Å². The number of nitrogens with one attached hydrogen (secondary N) is 2. The molecule has 0 aliphatic heterocycles. The second-order valence-electron chi connectivity index (χ2n) is 7.64. The highest BCUT2D eigenvalue weighted by molar-refractivity contribution is 6.31. The van der Waals surface area contributed by atoms with E-state index in [9.17, 15) is 9.59 Å². The van der Waals surface area contributed by atoms with E-state index in [4.69, 9.17) is 21.1 Å². The molecular weight excluding hydrogens is 454 g/mol. The Morgan fingerprint density at radius 1 is 0.971 bits per heavy atom. The van der Waals surface area contributed by atoms with Gasteiger partial charge in [0.2, 0.25) is 5.91 Å². The molecule has 0 spiro atoms. The Labute approximate surface area is 204 Å². The molecule has 0 radical (unpaired) electrons. The summed E-state index contributed by atoms with van der Waals surface area (Å²) in [6.07, 6.45) is 0. The minimum absolute atomic E-state index is 0.135. The Kier molecular flexibility index (Phi) is 8.90. The molecule has 0 aliphatic carbocycles. The van der Waals surface area contributed by atoms with Gasteiger partial charge in [-0.1, -0.05) is 23.7 Å². The molecule has 34 heavy (non-hydrogen) atoms. The number of carbonyl (C=O) groups excluding carboxylic acids is 2. The summed E-state index contributed by atoms with van der Waals surface area (Å²) in [5, 5.41) is 5.96. The van der Waals surface area contributed by atoms with Gasteiger partial charge in [0.1, 0.15) is 11.5 Å². The van der Waals surface area contributed by atoms with Crippen LogP contribution in [0.25, 0.3) is 0 Å². The van der Waals surface area contributed by atoms with E-state index < -0.39 is 0 Å². The third-order valence-electron chi connectivity index (χ3n) is 4.89. The van der Waals surface area contributed by atoms with Gasteiger partial charge in [0, 0.05) is 24.2 Å². The van der Waals surface area contributed by atoms with Crippen molar-refractivity contribution in [3.8, 4) is 17.2 Å². The molecule has 0 heterocycles. The van der Waals surface area contributed by atoms with Crippen LogP contribution >= 0.6 is 11.6 Å². The highest BCUT2D eigenvalue weighted by atomic mass is 35.5. The number of nitrogens with zero attached hydrogens (tertiary/aromatic N) is 1. The number of likely N-dealkylation sites (N-methyl/N-ethyl adjacent to an activating group) is 1. The standard InChI is InChI=1S/C26H28ClN3O4/c1-4-33-21-10-12-22(13-11-21)34-24-14-9-20(27)15-23(24)29-25(31)17-30(3)16-18-5-7-19(8-6-18)26(32)28-2/h5-15H,4,16-17H2,1-3H3,(H,28,32)(H,29,31). The predicted octanol–water partition coefficient (Wildman–Crippen LogP) is 4.96. The SMILES string of the molecule is CCOc1ccc(Oc2ccc(Cl)cc2NC(=O)CN(C)Cc2ccc(C(=O)NC)cc2)cc1. The normalized spacial score (nSPS) is 10.6. The van der Waals surface area contributed by atoms with Crippen LogP contribution in [-0.2, 0) is 11.3 Å². The number of ether oxygens (including phenoxy) is 2. The molecule has 0 atom stereocenters. The molecule has 7 nitrogen and oxygen atoms in total. The van der Waals surface area contributed by atoms with Crippen molar-refractivity contribution in [3.63, 3.8) is 0 Å². The number of rotatable bonds is 10. The number of hydrogen-bond donors (Lipinski definition) is 2. The first-order valence-corrected chi connectivity index (χ1v) is 11.3. The second-order valence-corrected chi connectivity index (χ2v) is 8.08. The van der Waals surface area contributed by atoms with Crippen LogP contribution in [0.5, 0.6) is 17.2 Å². The van der Waals surface area contributed by atoms with Crippen molar-refractivity contribution >= 4 is 29.1 Å². The van der Waals surface area contributed by atoms with Crippen LogP contribution in [0.3, 0.4) is 0 Å². The fourth-order valence-corrected chi connectivity index (χ4v) is 3.47. The molecular formula is C26H28ClN3O4. The summed E-state index contributed by atoms with van der Waals surface area (Å²) in [5.41, 5.74) is 2.06. The molecule has 0 saturated heterocycles. The lowest BCUT2D eigenvalue weighted by Crippen LogP contribution is -2.30. The monoisotopic (exact) mass is 481 g/mol. The summed E-state index contributed by atoms with van der Waals surface area (Å²) in [6.45, 7) is 3.22. The van der Waals surface area contributed by atoms with Gasteiger partial charge in [0.05, 0.1) is 18.8 Å². The van der Waals surface area contributed by atoms with Crippen LogP contribution in [0.4, 0.5) is 5.69 Å². The van der Waals surface area contributed by atoms with Crippen LogP contribution in [-0.4, -0.2) is 44.0 Å². The van der Waals surface area contributed by atoms with E-state index in [1.807, 2.05) is 43.1 Å². The van der Waals surface area contributed by atoms with Crippen molar-refractivity contribution in [1.82, 2.24) is 10.2 Å². The van der Waals surface area contributed by atoms with E-state index in [0.717, 1.165) is 11.3 Å². The Bertz CT molecular complexity index is 1120. The van der Waals surface area contributed by atoms with Gasteiger partial charge in [-0.2, -0.15) is 0 Å². The maximum Gasteiger partial charge on any atom is 0.251 e. The summed E-state index contributed by atoms with van der Waals surface area (Å²) in [6, 6.07) is 19.6. The largest absolute Gasteiger partial charge is 0.494 e. The molecule has 2 N–H and O–H groups in total. The Morgan fingerprint density at radius 3 is 2.29 bits per heavy atom. The lowest BCUT2D eigenvalue weighted by molar-refractivity contribution is -0.117. The van der Waals surface area contributed by atoms with E-state index >= 15 is 0 Å². The number of carbonyl (C=O) groups is 2. The second kappa shape index (κ2) is 12.1. The zero-order valence-corrected chi connectivity index (χ0v) is 20.2. The molecule has 0 aromatic heterocycles. The number of anilines is 1. The van der Waals surface area contributed by atoms with E-state index in [1.54, 1.807) is 49.5 Å². The van der Waals surface area contributed by atoms with E-state index in [0.29, 0.717) is 40.9 Å². The number of benzene rings is 3. The molecule has 178 valence electrons. The van der Waals surface area contributed by atoms with Crippen LogP contribution < -0.4 is 20.1 Å². The van der Waals surface area contributed by atoms with Crippen molar-refractivity contribution in [3.05, 3.63) is 82.9 Å². The van der Waals surface area contributed by atoms with Gasteiger partial charge in [-0.25, -0.2) is 0 Å². The fraction of sp³-hybridized carbons (Fsp3) is 0.231. The van der Waals surface area contributed by atoms with E-state index in [-0.39, 0.29) is 18.4 Å². The number of halogens is 1. The first kappa shape index (κ1) is 25.1. The molecule has 0 fully saturated rings. The Balaban J connectivity index is 1.61. The fourth-order valence-electron chi connectivity index (χ4n) is 3.29. The zero-order chi connectivity index (χ0) is 24.5. The molecule has 0 unspecified atom stereocenters. The topological polar surface area (TPSA) is 79.9 Å². The molecule has 3 aromatic carbocycles. The van der Waals surface area contributed by atoms with Crippen LogP contribution in [0.1, 0.15) is 22.8 Å². The maximum absolute atomic E-state index is 12.7. The highest BCUT2D eigenvalue weighted by Crippen LogP contribution is 2.32. The summed E-state index contributed by atoms with van der Waals surface area (Å²) in [4.78, 5) is 26.3. The van der Waals surface area contributed by atoms with Gasteiger partial charge in [0.15, 0.2) is 5.75 Å². The van der Waals surface area contributed by atoms with Crippen molar-refractivity contribution in [2.24, 2.45) is 0 Å². The van der Waals surface area contributed by atoms with Gasteiger partial charge in [0.25, 0.3) is 5.91 Å². The highest BCUT2D eigenvalue weighted by Gasteiger charge is 2.13. The molecule has 3 aromatic rings. The van der Waals surface area contributed by atoms with E-state index in [2.05, 4.69) is 10.6 Å². The van der Waals surface area contributed by atoms with Crippen molar-refractivity contribution in [2.45, 2.75) is 13.5 Å². The van der Waals surface area contributed by atoms with Gasteiger partial charge in [-0.05, 0) is 74.1 Å². The zero-order valence-electron chi connectivity index (χ0n) is 19.4. The van der Waals surface area contributed by atoms with Crippen molar-refractivity contribution in [2.75, 3.05) is 32.6 Å². The smallest absolute Gasteiger partial charge is 0.251 e. The predicted molar refractivity (Wildman–Crippen MR) is 134 cm³/mol. The van der Waals surface area contributed by atoms with Gasteiger partial charge < -0.3 is 20.1 Å². The molecule has 0 aliphatic rings. The first-order chi connectivity index (χ1) is 16.4. The van der Waals surface area contributed by atoms with Crippen molar-refractivity contribution in [1.29, 1.82) is 0 Å². The molecule has 8 heteroatoms. The van der Waals surface area contributed by atoms with E-state index in [1.165, 1.54) is 0 Å². The molecule has 0 saturated carbocycles. The van der Waals surface area contributed by atoms with Gasteiger partial charge in [-0.3, -0.25) is 14.5 Å². The summed E-state index contributed by atoms with van der Waals surface area (Å²) < 4.78 is 11.4. The average Bonchev–Trinajstić information content (AvgIpc) is 2.82. The average molecular weight is 482 g/mol. The lowest BCUT2D eigenvalue weighted by Gasteiger charge is -2.18. The summed E-state index contributed by atoms with van der Waals surface area (Å²) in [5.74, 6) is 1.51. The number of amides is 2. The number of hydrogen-bond acceptors (Lipinski definition) is 5. The lowest BCUT2D eigenvalue weighted by atomic mass is 10.1. The summed E-state index contributed by atoms with van der Waals surface area (Å²) in [7, 11) is 3.44. The summed E-state index contributed by atoms with van der Waals surface area (Å²) >= 11 is 6.16. The third-order valence-corrected chi connectivity index (χ3v) is 5.12. The van der Waals surface area contributed by atoms with Crippen LogP contribution in [0.15, 0.2) is 66.7 Å². The quantitative estimate of drug-likeness (QED) is 0.428. The molecule has 0 bridgehead atoms.